The van der Waals surface area contributed by atoms with Gasteiger partial charge in [-0.1, -0.05) is 127 Å². The maximum Gasteiger partial charge on any atom is 0.314 e. The van der Waals surface area contributed by atoms with Crippen LogP contribution < -0.4 is 9.47 Å². The summed E-state index contributed by atoms with van der Waals surface area (Å²) >= 11 is 4.59. The van der Waals surface area contributed by atoms with Crippen LogP contribution in [0, 0.1) is 34.5 Å². The Hall–Kier alpha value is -3.04. The molecule has 2 atom stereocenters. The van der Waals surface area contributed by atoms with Crippen LogP contribution in [0.2, 0.25) is 0 Å². The fraction of sp³-hybridized carbons (Fsp3) is 0.579. The zero-order chi connectivity index (χ0) is 37.9. The molecule has 1 aromatic rings. The second-order valence-corrected chi connectivity index (χ2v) is 17.4. The van der Waals surface area contributed by atoms with Gasteiger partial charge in [0.1, 0.15) is 23.3 Å². The van der Waals surface area contributed by atoms with Crippen molar-refractivity contribution in [3.8, 4) is 23.6 Å². The summed E-state index contributed by atoms with van der Waals surface area (Å²) in [6.45, 7) is 12.9. The van der Waals surface area contributed by atoms with E-state index < -0.39 is 11.9 Å². The smallest absolute Gasteiger partial charge is 0.314 e. The molecule has 14 heteroatoms. The third-order valence-electron chi connectivity index (χ3n) is 9.15. The molecule has 1 fully saturated rings. The van der Waals surface area contributed by atoms with Crippen LogP contribution in [0.25, 0.3) is 0 Å². The first-order chi connectivity index (χ1) is 25.1. The molecule has 0 bridgehead atoms. The number of hydrazine groups is 1. The molecule has 0 saturated carbocycles. The molecule has 2 unspecified atom stereocenters. The quantitative estimate of drug-likeness (QED) is 0.0460. The number of thioether (sulfide) groups is 4. The van der Waals surface area contributed by atoms with E-state index in [0.717, 1.165) is 74.9 Å². The number of hydrogen-bond donors (Lipinski definition) is 0. The van der Waals surface area contributed by atoms with Gasteiger partial charge in [-0.2, -0.15) is 10.5 Å². The predicted octanol–water partition coefficient (Wildman–Crippen LogP) is 9.98. The van der Waals surface area contributed by atoms with Crippen LogP contribution in [0.3, 0.4) is 0 Å². The highest BCUT2D eigenvalue weighted by Gasteiger charge is 2.46. The van der Waals surface area contributed by atoms with Crippen molar-refractivity contribution in [1.29, 1.82) is 10.5 Å². The summed E-state index contributed by atoms with van der Waals surface area (Å²) in [7, 11) is 0. The molecular formula is C38H48N4O6S4. The molecule has 0 aromatic heterocycles. The first kappa shape index (κ1) is 41.7. The van der Waals surface area contributed by atoms with E-state index in [-0.39, 0.29) is 46.3 Å². The number of hydrogen-bond acceptors (Lipinski definition) is 12. The Labute approximate surface area is 324 Å². The molecule has 0 N–H and O–H groups in total. The molecule has 1 saturated heterocycles. The van der Waals surface area contributed by atoms with Crippen LogP contribution in [0.4, 0.5) is 0 Å². The van der Waals surface area contributed by atoms with Crippen molar-refractivity contribution in [1.82, 2.24) is 10.0 Å². The molecule has 52 heavy (non-hydrogen) atoms. The topological polar surface area (TPSA) is 141 Å². The average molecular weight is 785 g/mol. The summed E-state index contributed by atoms with van der Waals surface area (Å²) < 4.78 is 13.4. The van der Waals surface area contributed by atoms with Gasteiger partial charge in [-0.3, -0.25) is 19.2 Å². The zero-order valence-corrected chi connectivity index (χ0v) is 34.2. The minimum atomic E-state index is -0.407. The number of esters is 2. The van der Waals surface area contributed by atoms with Crippen molar-refractivity contribution in [3.05, 3.63) is 19.6 Å². The van der Waals surface area contributed by atoms with E-state index in [2.05, 4.69) is 13.8 Å². The number of fused-ring (bicyclic) bond motifs is 2. The Bertz CT molecular complexity index is 1590. The Morgan fingerprint density at radius 2 is 1.02 bits per heavy atom. The Balaban J connectivity index is 1.93. The second-order valence-electron chi connectivity index (χ2n) is 12.8. The number of nitriles is 2. The maximum absolute atomic E-state index is 14.0. The highest BCUT2D eigenvalue weighted by Crippen LogP contribution is 2.68. The molecule has 0 radical (unpaired) electrons. The fourth-order valence-corrected chi connectivity index (χ4v) is 11.3. The van der Waals surface area contributed by atoms with Gasteiger partial charge in [0, 0.05) is 13.1 Å². The van der Waals surface area contributed by atoms with Gasteiger partial charge in [-0.25, -0.2) is 10.0 Å². The van der Waals surface area contributed by atoms with Crippen molar-refractivity contribution in [2.75, 3.05) is 13.1 Å². The van der Waals surface area contributed by atoms with Gasteiger partial charge in [0.05, 0.1) is 39.9 Å². The number of amides is 2. The van der Waals surface area contributed by atoms with Crippen molar-refractivity contribution >= 4 is 70.8 Å². The van der Waals surface area contributed by atoms with Crippen LogP contribution >= 0.6 is 47.0 Å². The van der Waals surface area contributed by atoms with E-state index in [4.69, 9.17) is 9.47 Å². The number of unbranched alkanes of at least 4 members (excludes halogenated alkanes) is 4. The Morgan fingerprint density at radius 3 is 1.37 bits per heavy atom. The minimum Gasteiger partial charge on any atom is -0.424 e. The molecule has 4 rings (SSSR count). The van der Waals surface area contributed by atoms with Gasteiger partial charge in [0.2, 0.25) is 0 Å². The number of nitrogens with zero attached hydrogens (tertiary/aromatic N) is 4. The highest BCUT2D eigenvalue weighted by atomic mass is 32.2. The summed E-state index contributed by atoms with van der Waals surface area (Å²) in [4.78, 5) is 57.5. The molecule has 0 spiro atoms. The SMILES string of the molecule is CCCCC(CC)C(=O)Oc1c2c(c(OC(=O)C(CC)CCCC)c3c1SC(=C1C(=O)N(CCCC)N(CCCC)C1=O)S3)SC(=C(C#N)C#N)S2. The van der Waals surface area contributed by atoms with Crippen molar-refractivity contribution in [2.24, 2.45) is 11.8 Å². The number of carbonyl (C=O) groups is 4. The van der Waals surface area contributed by atoms with Crippen molar-refractivity contribution in [3.63, 3.8) is 0 Å². The van der Waals surface area contributed by atoms with Crippen LogP contribution in [0.1, 0.15) is 119 Å². The Kier molecular flexibility index (Phi) is 15.9. The van der Waals surface area contributed by atoms with Crippen LogP contribution in [-0.4, -0.2) is 46.9 Å². The first-order valence-electron chi connectivity index (χ1n) is 18.4. The summed E-state index contributed by atoms with van der Waals surface area (Å²) in [6, 6.07) is 3.92. The number of carbonyl (C=O) groups excluding carboxylic acids is 4. The summed E-state index contributed by atoms with van der Waals surface area (Å²) in [6.07, 6.45) is 9.22. The van der Waals surface area contributed by atoms with E-state index >= 15 is 0 Å². The number of allylic oxidation sites excluding steroid dienone is 1. The van der Waals surface area contributed by atoms with Crippen LogP contribution in [0.5, 0.6) is 11.5 Å². The largest absolute Gasteiger partial charge is 0.424 e. The Morgan fingerprint density at radius 1 is 0.635 bits per heavy atom. The molecule has 280 valence electrons. The summed E-state index contributed by atoms with van der Waals surface area (Å²) in [5, 5.41) is 22.6. The zero-order valence-electron chi connectivity index (χ0n) is 30.9. The normalized spacial score (nSPS) is 16.1. The number of ether oxygens (including phenoxy) is 2. The second kappa shape index (κ2) is 19.9. The van der Waals surface area contributed by atoms with E-state index in [0.29, 0.717) is 66.8 Å². The van der Waals surface area contributed by atoms with Crippen molar-refractivity contribution < 1.29 is 28.7 Å². The lowest BCUT2D eigenvalue weighted by atomic mass is 10.00. The van der Waals surface area contributed by atoms with Gasteiger partial charge in [0.25, 0.3) is 11.8 Å². The van der Waals surface area contributed by atoms with Crippen LogP contribution in [0.15, 0.2) is 39.2 Å². The van der Waals surface area contributed by atoms with Crippen LogP contribution in [-0.2, 0) is 19.2 Å². The van der Waals surface area contributed by atoms with E-state index in [9.17, 15) is 29.7 Å². The molecule has 10 nitrogen and oxygen atoms in total. The van der Waals surface area contributed by atoms with Gasteiger partial charge >= 0.3 is 11.9 Å². The van der Waals surface area contributed by atoms with Gasteiger partial charge in [-0.05, 0) is 38.5 Å². The fourth-order valence-electron chi connectivity index (χ4n) is 5.96. The molecule has 3 aliphatic rings. The third-order valence-corrected chi connectivity index (χ3v) is 14.3. The highest BCUT2D eigenvalue weighted by molar-refractivity contribution is 8.26. The molecule has 0 aliphatic carbocycles. The number of rotatable bonds is 18. The first-order valence-corrected chi connectivity index (χ1v) is 21.7. The average Bonchev–Trinajstić information content (AvgIpc) is 3.83. The lowest BCUT2D eigenvalue weighted by molar-refractivity contribution is -0.147. The summed E-state index contributed by atoms with van der Waals surface area (Å²) in [5.41, 5.74) is -0.0525. The van der Waals surface area contributed by atoms with E-state index in [1.54, 1.807) is 10.0 Å². The number of benzene rings is 1. The minimum absolute atomic E-state index is 0.0500. The van der Waals surface area contributed by atoms with E-state index in [1.807, 2.05) is 39.8 Å². The van der Waals surface area contributed by atoms with Gasteiger partial charge in [0.15, 0.2) is 11.5 Å². The maximum atomic E-state index is 14.0. The van der Waals surface area contributed by atoms with E-state index in [1.165, 1.54) is 23.5 Å². The molecule has 3 aliphatic heterocycles. The molecule has 2 amide bonds. The predicted molar refractivity (Wildman–Crippen MR) is 206 cm³/mol. The summed E-state index contributed by atoms with van der Waals surface area (Å²) in [5.74, 6) is -1.83. The molecular weight excluding hydrogens is 737 g/mol. The molecule has 1 aromatic carbocycles. The lowest BCUT2D eigenvalue weighted by Gasteiger charge is -2.27. The lowest BCUT2D eigenvalue weighted by Crippen LogP contribution is -2.42. The van der Waals surface area contributed by atoms with Crippen molar-refractivity contribution in [2.45, 2.75) is 138 Å². The van der Waals surface area contributed by atoms with Gasteiger partial charge < -0.3 is 9.47 Å². The monoisotopic (exact) mass is 784 g/mol. The molecule has 3 heterocycles. The van der Waals surface area contributed by atoms with Gasteiger partial charge in [-0.15, -0.1) is 0 Å². The standard InChI is InChI=1S/C38H48N4O6S4/c1-7-13-17-23(11-5)35(45)47-27-29-30(50-37(49-29)25(21-39)22-40)28(48-36(46)24(12-6)18-14-8-2)32-31(27)51-38(52-32)26-33(43)41(19-15-9-3)42(34(26)44)20-16-10-4/h23-24H,7-20H2,1-6H3. The third kappa shape index (κ3) is 9.00.